The highest BCUT2D eigenvalue weighted by molar-refractivity contribution is 5.91. The molecule has 1 saturated heterocycles. The number of benzene rings is 2. The van der Waals surface area contributed by atoms with Gasteiger partial charge in [0, 0.05) is 18.2 Å². The van der Waals surface area contributed by atoms with Gasteiger partial charge in [0.15, 0.2) is 5.82 Å². The van der Waals surface area contributed by atoms with Gasteiger partial charge in [0.25, 0.3) is 5.91 Å². The Kier molecular flexibility index (Phi) is 4.75. The van der Waals surface area contributed by atoms with Crippen LogP contribution in [0.2, 0.25) is 0 Å². The Morgan fingerprint density at radius 1 is 1.00 bits per heavy atom. The molecule has 0 saturated carbocycles. The van der Waals surface area contributed by atoms with Gasteiger partial charge in [0.2, 0.25) is 5.82 Å². The third kappa shape index (κ3) is 3.37. The zero-order valence-electron chi connectivity index (χ0n) is 15.7. The quantitative estimate of drug-likeness (QED) is 0.703. The summed E-state index contributed by atoms with van der Waals surface area (Å²) >= 11 is 0. The summed E-state index contributed by atoms with van der Waals surface area (Å²) < 4.78 is 1.76. The molecule has 1 aliphatic rings. The van der Waals surface area contributed by atoms with Gasteiger partial charge in [-0.05, 0) is 37.8 Å². The van der Waals surface area contributed by atoms with Crippen LogP contribution in [-0.4, -0.2) is 38.2 Å². The minimum Gasteiger partial charge on any atom is -0.333 e. The van der Waals surface area contributed by atoms with Crippen molar-refractivity contribution in [3.8, 4) is 17.1 Å². The van der Waals surface area contributed by atoms with Crippen molar-refractivity contribution < 1.29 is 4.79 Å². The second-order valence-corrected chi connectivity index (χ2v) is 7.23. The Hall–Kier alpha value is -2.95. The van der Waals surface area contributed by atoms with E-state index in [0.717, 1.165) is 30.6 Å². The Labute approximate surface area is 159 Å². The fourth-order valence-corrected chi connectivity index (χ4v) is 3.68. The molecule has 138 valence electrons. The van der Waals surface area contributed by atoms with E-state index in [9.17, 15) is 4.79 Å². The average Bonchev–Trinajstić information content (AvgIpc) is 3.16. The van der Waals surface area contributed by atoms with Gasteiger partial charge in [-0.2, -0.15) is 0 Å². The molecule has 3 aromatic rings. The van der Waals surface area contributed by atoms with Crippen molar-refractivity contribution in [2.45, 2.75) is 32.7 Å². The zero-order chi connectivity index (χ0) is 18.8. The normalized spacial score (nSPS) is 19.9. The number of nitrogens with zero attached hydrogens (tertiary/aromatic N) is 4. The molecule has 1 aromatic heterocycles. The zero-order valence-corrected chi connectivity index (χ0v) is 15.7. The molecular weight excluding hydrogens is 336 g/mol. The maximum atomic E-state index is 13.2. The first-order chi connectivity index (χ1) is 13.1. The van der Waals surface area contributed by atoms with Crippen LogP contribution in [0.4, 0.5) is 0 Å². The van der Waals surface area contributed by atoms with Crippen LogP contribution >= 0.6 is 0 Å². The fraction of sp³-hybridized carbons (Fsp3) is 0.318. The van der Waals surface area contributed by atoms with Crippen molar-refractivity contribution >= 4 is 5.91 Å². The molecule has 0 radical (unpaired) electrons. The van der Waals surface area contributed by atoms with E-state index in [2.05, 4.69) is 23.9 Å². The molecule has 0 N–H and O–H groups in total. The van der Waals surface area contributed by atoms with Crippen LogP contribution in [-0.2, 0) is 0 Å². The lowest BCUT2D eigenvalue weighted by Gasteiger charge is -2.37. The topological polar surface area (TPSA) is 51.0 Å². The summed E-state index contributed by atoms with van der Waals surface area (Å²) in [6.07, 6.45) is 2.19. The average molecular weight is 360 g/mol. The summed E-state index contributed by atoms with van der Waals surface area (Å²) in [5.74, 6) is 1.36. The van der Waals surface area contributed by atoms with E-state index in [-0.39, 0.29) is 17.8 Å². The largest absolute Gasteiger partial charge is 0.333 e. The van der Waals surface area contributed by atoms with Gasteiger partial charge in [0.05, 0.1) is 5.69 Å². The van der Waals surface area contributed by atoms with Crippen molar-refractivity contribution in [3.05, 3.63) is 66.5 Å². The SMILES string of the molecule is CC1CCCN(C(=O)c2nc(-c3ccccc3)n(-c3ccccc3)n2)C1C. The van der Waals surface area contributed by atoms with E-state index >= 15 is 0 Å². The summed E-state index contributed by atoms with van der Waals surface area (Å²) in [7, 11) is 0. The van der Waals surface area contributed by atoms with Crippen LogP contribution in [0.1, 0.15) is 37.3 Å². The van der Waals surface area contributed by atoms with Gasteiger partial charge in [-0.15, -0.1) is 5.10 Å². The number of carbonyl (C=O) groups is 1. The van der Waals surface area contributed by atoms with Gasteiger partial charge < -0.3 is 4.90 Å². The number of piperidine rings is 1. The Balaban J connectivity index is 1.76. The molecule has 0 aliphatic carbocycles. The van der Waals surface area contributed by atoms with Gasteiger partial charge in [0.1, 0.15) is 0 Å². The second kappa shape index (κ2) is 7.35. The maximum Gasteiger partial charge on any atom is 0.293 e. The first-order valence-corrected chi connectivity index (χ1v) is 9.54. The molecule has 5 nitrogen and oxygen atoms in total. The van der Waals surface area contributed by atoms with Gasteiger partial charge >= 0.3 is 0 Å². The highest BCUT2D eigenvalue weighted by Crippen LogP contribution is 2.26. The van der Waals surface area contributed by atoms with Crippen LogP contribution in [0, 0.1) is 5.92 Å². The molecule has 1 aliphatic heterocycles. The van der Waals surface area contributed by atoms with Crippen molar-refractivity contribution in [1.82, 2.24) is 19.7 Å². The Bertz CT molecular complexity index is 863. The molecule has 1 fully saturated rings. The molecule has 0 bridgehead atoms. The number of hydrogen-bond acceptors (Lipinski definition) is 3. The van der Waals surface area contributed by atoms with E-state index < -0.39 is 0 Å². The summed E-state index contributed by atoms with van der Waals surface area (Å²) in [5.41, 5.74) is 1.83. The minimum absolute atomic E-state index is 0.0825. The second-order valence-electron chi connectivity index (χ2n) is 7.23. The maximum absolute atomic E-state index is 13.2. The van der Waals surface area contributed by atoms with Gasteiger partial charge in [-0.3, -0.25) is 4.79 Å². The van der Waals surface area contributed by atoms with Crippen LogP contribution in [0.15, 0.2) is 60.7 Å². The van der Waals surface area contributed by atoms with E-state index in [0.29, 0.717) is 11.7 Å². The molecular formula is C22H24N4O. The molecule has 2 aromatic carbocycles. The monoisotopic (exact) mass is 360 g/mol. The number of carbonyl (C=O) groups excluding carboxylic acids is 1. The predicted octanol–water partition coefficient (Wildman–Crippen LogP) is 4.19. The third-order valence-corrected chi connectivity index (χ3v) is 5.47. The van der Waals surface area contributed by atoms with E-state index in [1.165, 1.54) is 0 Å². The molecule has 4 rings (SSSR count). The summed E-state index contributed by atoms with van der Waals surface area (Å²) in [5, 5.41) is 4.61. The third-order valence-electron chi connectivity index (χ3n) is 5.47. The number of para-hydroxylation sites is 1. The molecule has 0 spiro atoms. The van der Waals surface area contributed by atoms with E-state index in [1.54, 1.807) is 4.68 Å². The first-order valence-electron chi connectivity index (χ1n) is 9.54. The van der Waals surface area contributed by atoms with Crippen LogP contribution < -0.4 is 0 Å². The molecule has 2 unspecified atom stereocenters. The van der Waals surface area contributed by atoms with Crippen molar-refractivity contribution in [2.24, 2.45) is 5.92 Å². The lowest BCUT2D eigenvalue weighted by molar-refractivity contribution is 0.0538. The highest BCUT2D eigenvalue weighted by atomic mass is 16.2. The number of amides is 1. The van der Waals surface area contributed by atoms with Crippen LogP contribution in [0.25, 0.3) is 17.1 Å². The lowest BCUT2D eigenvalue weighted by Crippen LogP contribution is -2.46. The highest BCUT2D eigenvalue weighted by Gasteiger charge is 2.31. The van der Waals surface area contributed by atoms with Crippen molar-refractivity contribution in [3.63, 3.8) is 0 Å². The van der Waals surface area contributed by atoms with Crippen LogP contribution in [0.3, 0.4) is 0 Å². The summed E-state index contributed by atoms with van der Waals surface area (Å²) in [6, 6.07) is 19.9. The van der Waals surface area contributed by atoms with Crippen LogP contribution in [0.5, 0.6) is 0 Å². The van der Waals surface area contributed by atoms with Crippen molar-refractivity contribution in [1.29, 1.82) is 0 Å². The molecule has 2 atom stereocenters. The Morgan fingerprint density at radius 3 is 2.37 bits per heavy atom. The number of rotatable bonds is 3. The van der Waals surface area contributed by atoms with E-state index in [1.807, 2.05) is 65.6 Å². The fourth-order valence-electron chi connectivity index (χ4n) is 3.68. The van der Waals surface area contributed by atoms with E-state index in [4.69, 9.17) is 0 Å². The number of aromatic nitrogens is 3. The Morgan fingerprint density at radius 2 is 1.67 bits per heavy atom. The smallest absolute Gasteiger partial charge is 0.293 e. The number of hydrogen-bond donors (Lipinski definition) is 0. The molecule has 5 heteroatoms. The first kappa shape index (κ1) is 17.5. The summed E-state index contributed by atoms with van der Waals surface area (Å²) in [6.45, 7) is 5.09. The summed E-state index contributed by atoms with van der Waals surface area (Å²) in [4.78, 5) is 19.7. The van der Waals surface area contributed by atoms with Gasteiger partial charge in [-0.25, -0.2) is 9.67 Å². The standard InChI is InChI=1S/C22H24N4O/c1-16-10-9-15-25(17(16)2)22(27)20-23-21(18-11-5-3-6-12-18)26(24-20)19-13-7-4-8-14-19/h3-8,11-14,16-17H,9-10,15H2,1-2H3. The predicted molar refractivity (Wildman–Crippen MR) is 106 cm³/mol. The van der Waals surface area contributed by atoms with Gasteiger partial charge in [-0.1, -0.05) is 55.5 Å². The lowest BCUT2D eigenvalue weighted by atomic mass is 9.92. The minimum atomic E-state index is -0.0825. The molecule has 1 amide bonds. The number of likely N-dealkylation sites (tertiary alicyclic amines) is 1. The molecule has 2 heterocycles. The van der Waals surface area contributed by atoms with Crippen molar-refractivity contribution in [2.75, 3.05) is 6.54 Å². The molecule has 27 heavy (non-hydrogen) atoms.